The van der Waals surface area contributed by atoms with Crippen molar-refractivity contribution in [2.45, 2.75) is 26.3 Å². The Morgan fingerprint density at radius 1 is 1.54 bits per heavy atom. The molecule has 0 aliphatic carbocycles. The molecule has 1 N–H and O–H groups in total. The highest BCUT2D eigenvalue weighted by atomic mass is 16.5. The van der Waals surface area contributed by atoms with Gasteiger partial charge in [-0.3, -0.25) is 0 Å². The molecular weight excluding hydrogens is 166 g/mol. The van der Waals surface area contributed by atoms with Crippen LogP contribution >= 0.6 is 0 Å². The first-order valence-corrected chi connectivity index (χ1v) is 5.00. The molecule has 0 amide bonds. The molecule has 1 rings (SSSR count). The van der Waals surface area contributed by atoms with Crippen molar-refractivity contribution in [3.05, 3.63) is 0 Å². The highest BCUT2D eigenvalue weighted by molar-refractivity contribution is 4.84. The monoisotopic (exact) mass is 187 g/mol. The lowest BCUT2D eigenvalue weighted by atomic mass is 9.88. The van der Waals surface area contributed by atoms with Gasteiger partial charge in [-0.25, -0.2) is 0 Å². The number of hydrogen-bond donors (Lipinski definition) is 1. The first-order chi connectivity index (χ1) is 6.20. The summed E-state index contributed by atoms with van der Waals surface area (Å²) in [7, 11) is 1.75. The van der Waals surface area contributed by atoms with Gasteiger partial charge < -0.3 is 14.8 Å². The van der Waals surface area contributed by atoms with Crippen LogP contribution in [0.1, 0.15) is 20.3 Å². The minimum atomic E-state index is 0.362. The Kier molecular flexibility index (Phi) is 4.16. The Labute approximate surface area is 80.8 Å². The van der Waals surface area contributed by atoms with Gasteiger partial charge in [-0.2, -0.15) is 0 Å². The average Bonchev–Trinajstić information content (AvgIpc) is 2.09. The van der Waals surface area contributed by atoms with Crippen LogP contribution in [0, 0.1) is 5.41 Å². The first kappa shape index (κ1) is 11.0. The molecule has 0 saturated carbocycles. The van der Waals surface area contributed by atoms with Gasteiger partial charge in [0.2, 0.25) is 0 Å². The Bertz CT molecular complexity index is 146. The third kappa shape index (κ3) is 3.25. The average molecular weight is 187 g/mol. The van der Waals surface area contributed by atoms with E-state index in [9.17, 15) is 0 Å². The van der Waals surface area contributed by atoms with Gasteiger partial charge >= 0.3 is 0 Å². The molecule has 0 aromatic carbocycles. The van der Waals surface area contributed by atoms with Gasteiger partial charge in [0.1, 0.15) is 0 Å². The molecule has 1 saturated heterocycles. The van der Waals surface area contributed by atoms with Crippen molar-refractivity contribution < 1.29 is 9.47 Å². The summed E-state index contributed by atoms with van der Waals surface area (Å²) >= 11 is 0. The van der Waals surface area contributed by atoms with Gasteiger partial charge in [0.05, 0.1) is 19.8 Å². The van der Waals surface area contributed by atoms with Gasteiger partial charge in [0.25, 0.3) is 0 Å². The van der Waals surface area contributed by atoms with Crippen molar-refractivity contribution in [3.8, 4) is 0 Å². The highest BCUT2D eigenvalue weighted by Crippen LogP contribution is 2.25. The maximum absolute atomic E-state index is 5.19. The smallest absolute Gasteiger partial charge is 0.0615 e. The second-order valence-corrected chi connectivity index (χ2v) is 4.24. The van der Waals surface area contributed by atoms with Crippen LogP contribution < -0.4 is 5.32 Å². The van der Waals surface area contributed by atoms with Crippen LogP contribution in [-0.4, -0.2) is 39.5 Å². The third-order valence-electron chi connectivity index (χ3n) is 2.58. The molecule has 13 heavy (non-hydrogen) atoms. The van der Waals surface area contributed by atoms with Crippen LogP contribution in [0.2, 0.25) is 0 Å². The molecule has 1 unspecified atom stereocenters. The topological polar surface area (TPSA) is 30.5 Å². The molecule has 78 valence electrons. The van der Waals surface area contributed by atoms with Gasteiger partial charge in [0.15, 0.2) is 0 Å². The molecule has 0 aromatic rings. The van der Waals surface area contributed by atoms with Crippen molar-refractivity contribution in [1.29, 1.82) is 0 Å². The molecule has 1 atom stereocenters. The highest BCUT2D eigenvalue weighted by Gasteiger charge is 2.33. The molecule has 0 aromatic heterocycles. The van der Waals surface area contributed by atoms with E-state index in [-0.39, 0.29) is 0 Å². The molecule has 1 aliphatic heterocycles. The lowest BCUT2D eigenvalue weighted by Gasteiger charge is -2.39. The SMILES string of the molecule is CCC(COC)NCC1(C)COC1. The summed E-state index contributed by atoms with van der Waals surface area (Å²) in [5.41, 5.74) is 0.362. The van der Waals surface area contributed by atoms with E-state index in [4.69, 9.17) is 9.47 Å². The lowest BCUT2D eigenvalue weighted by Crippen LogP contribution is -2.50. The maximum Gasteiger partial charge on any atom is 0.0615 e. The van der Waals surface area contributed by atoms with E-state index in [1.165, 1.54) is 0 Å². The van der Waals surface area contributed by atoms with Gasteiger partial charge in [-0.15, -0.1) is 0 Å². The summed E-state index contributed by atoms with van der Waals surface area (Å²) in [6.45, 7) is 8.05. The van der Waals surface area contributed by atoms with Crippen LogP contribution in [-0.2, 0) is 9.47 Å². The number of ether oxygens (including phenoxy) is 2. The Morgan fingerprint density at radius 3 is 2.62 bits per heavy atom. The molecule has 1 fully saturated rings. The zero-order valence-corrected chi connectivity index (χ0v) is 8.93. The largest absolute Gasteiger partial charge is 0.383 e. The predicted molar refractivity (Wildman–Crippen MR) is 52.9 cm³/mol. The number of hydrogen-bond acceptors (Lipinski definition) is 3. The summed E-state index contributed by atoms with van der Waals surface area (Å²) in [6.07, 6.45) is 1.12. The zero-order valence-electron chi connectivity index (χ0n) is 8.93. The molecule has 1 heterocycles. The van der Waals surface area contributed by atoms with Crippen LogP contribution in [0.15, 0.2) is 0 Å². The van der Waals surface area contributed by atoms with Crippen LogP contribution in [0.3, 0.4) is 0 Å². The number of rotatable bonds is 6. The van der Waals surface area contributed by atoms with Crippen molar-refractivity contribution in [2.24, 2.45) is 5.41 Å². The Balaban J connectivity index is 2.15. The van der Waals surface area contributed by atoms with Crippen LogP contribution in [0.5, 0.6) is 0 Å². The summed E-state index contributed by atoms with van der Waals surface area (Å²) in [5, 5.41) is 3.51. The molecule has 3 heteroatoms. The van der Waals surface area contributed by atoms with E-state index < -0.39 is 0 Å². The molecule has 0 spiro atoms. The summed E-state index contributed by atoms with van der Waals surface area (Å²) < 4.78 is 10.3. The standard InChI is InChI=1S/C10H21NO2/c1-4-9(5-12-3)11-6-10(2)7-13-8-10/h9,11H,4-8H2,1-3H3. The van der Waals surface area contributed by atoms with Crippen LogP contribution in [0.4, 0.5) is 0 Å². The van der Waals surface area contributed by atoms with E-state index in [1.807, 2.05) is 0 Å². The van der Waals surface area contributed by atoms with Gasteiger partial charge in [-0.05, 0) is 6.42 Å². The quantitative estimate of drug-likeness (QED) is 0.674. The van der Waals surface area contributed by atoms with Gasteiger partial charge in [-0.1, -0.05) is 13.8 Å². The third-order valence-corrected chi connectivity index (χ3v) is 2.58. The minimum Gasteiger partial charge on any atom is -0.383 e. The van der Waals surface area contributed by atoms with Crippen molar-refractivity contribution in [2.75, 3.05) is 33.5 Å². The number of methoxy groups -OCH3 is 1. The zero-order chi connectivity index (χ0) is 9.73. The number of nitrogens with one attached hydrogen (secondary N) is 1. The second-order valence-electron chi connectivity index (χ2n) is 4.24. The Hall–Kier alpha value is -0.120. The van der Waals surface area contributed by atoms with E-state index in [0.717, 1.165) is 32.8 Å². The molecule has 3 nitrogen and oxygen atoms in total. The molecule has 1 aliphatic rings. The fourth-order valence-electron chi connectivity index (χ4n) is 1.47. The summed E-state index contributed by atoms with van der Waals surface area (Å²) in [6, 6.07) is 0.488. The fraction of sp³-hybridized carbons (Fsp3) is 1.00. The minimum absolute atomic E-state index is 0.362. The van der Waals surface area contributed by atoms with Crippen molar-refractivity contribution >= 4 is 0 Å². The molecule has 0 radical (unpaired) electrons. The Morgan fingerprint density at radius 2 is 2.23 bits per heavy atom. The van der Waals surface area contributed by atoms with Crippen molar-refractivity contribution in [3.63, 3.8) is 0 Å². The first-order valence-electron chi connectivity index (χ1n) is 5.00. The molecular formula is C10H21NO2. The van der Waals surface area contributed by atoms with E-state index >= 15 is 0 Å². The lowest BCUT2D eigenvalue weighted by molar-refractivity contribution is -0.101. The fourth-order valence-corrected chi connectivity index (χ4v) is 1.47. The predicted octanol–water partition coefficient (Wildman–Crippen LogP) is 1.04. The van der Waals surface area contributed by atoms with E-state index in [1.54, 1.807) is 7.11 Å². The van der Waals surface area contributed by atoms with Crippen molar-refractivity contribution in [1.82, 2.24) is 5.32 Å². The van der Waals surface area contributed by atoms with E-state index in [0.29, 0.717) is 11.5 Å². The maximum atomic E-state index is 5.19. The molecule has 0 bridgehead atoms. The summed E-state index contributed by atoms with van der Waals surface area (Å²) in [4.78, 5) is 0. The van der Waals surface area contributed by atoms with Gasteiger partial charge in [0, 0.05) is 25.1 Å². The normalized spacial score (nSPS) is 22.4. The summed E-state index contributed by atoms with van der Waals surface area (Å²) in [5.74, 6) is 0. The van der Waals surface area contributed by atoms with E-state index in [2.05, 4.69) is 19.2 Å². The second kappa shape index (κ2) is 4.94. The van der Waals surface area contributed by atoms with Crippen LogP contribution in [0.25, 0.3) is 0 Å².